The van der Waals surface area contributed by atoms with Crippen LogP contribution >= 0.6 is 0 Å². The number of halogens is 3. The summed E-state index contributed by atoms with van der Waals surface area (Å²) in [6, 6.07) is 5.38. The van der Waals surface area contributed by atoms with Crippen molar-refractivity contribution < 1.29 is 22.8 Å². The van der Waals surface area contributed by atoms with E-state index >= 15 is 0 Å². The van der Waals surface area contributed by atoms with Gasteiger partial charge in [-0.15, -0.1) is 0 Å². The van der Waals surface area contributed by atoms with E-state index in [2.05, 4.69) is 0 Å². The van der Waals surface area contributed by atoms with Gasteiger partial charge < -0.3 is 14.7 Å². The molecular weight excluding hydrogens is 421 g/mol. The molecule has 2 fully saturated rings. The second kappa shape index (κ2) is 8.64. The second-order valence-electron chi connectivity index (χ2n) is 9.35. The predicted molar refractivity (Wildman–Crippen MR) is 114 cm³/mol. The number of amides is 2. The Labute approximate surface area is 186 Å². The summed E-state index contributed by atoms with van der Waals surface area (Å²) in [5, 5.41) is 9.03. The minimum atomic E-state index is -4.61. The molecule has 6 nitrogen and oxygen atoms in total. The zero-order valence-corrected chi connectivity index (χ0v) is 18.9. The fraction of sp³-hybridized carbons (Fsp3) is 0.609. The molecule has 1 spiro atoms. The number of carbonyl (C=O) groups excluding carboxylic acids is 2. The summed E-state index contributed by atoms with van der Waals surface area (Å²) in [7, 11) is 3.40. The molecule has 0 bridgehead atoms. The van der Waals surface area contributed by atoms with Gasteiger partial charge in [0.25, 0.3) is 0 Å². The molecule has 2 saturated heterocycles. The van der Waals surface area contributed by atoms with Crippen LogP contribution in [0.2, 0.25) is 0 Å². The Balaban J connectivity index is 1.84. The Morgan fingerprint density at radius 3 is 2.34 bits per heavy atom. The highest BCUT2D eigenvalue weighted by Crippen LogP contribution is 2.46. The third kappa shape index (κ3) is 4.41. The van der Waals surface area contributed by atoms with Crippen LogP contribution in [0.3, 0.4) is 0 Å². The van der Waals surface area contributed by atoms with Crippen molar-refractivity contribution >= 4 is 17.5 Å². The molecule has 0 radical (unpaired) electrons. The van der Waals surface area contributed by atoms with Crippen molar-refractivity contribution in [1.82, 2.24) is 9.80 Å². The topological polar surface area (TPSA) is 67.7 Å². The highest BCUT2D eigenvalue weighted by molar-refractivity contribution is 5.83. The molecule has 0 saturated carbocycles. The fourth-order valence-electron chi connectivity index (χ4n) is 4.93. The van der Waals surface area contributed by atoms with E-state index in [1.165, 1.54) is 12.1 Å². The first-order valence-corrected chi connectivity index (χ1v) is 10.8. The third-order valence-corrected chi connectivity index (χ3v) is 6.75. The molecule has 2 heterocycles. The van der Waals surface area contributed by atoms with Crippen molar-refractivity contribution in [2.45, 2.75) is 32.9 Å². The Morgan fingerprint density at radius 2 is 1.84 bits per heavy atom. The van der Waals surface area contributed by atoms with E-state index in [4.69, 9.17) is 5.26 Å². The maximum atomic E-state index is 13.4. The molecule has 9 heteroatoms. The summed E-state index contributed by atoms with van der Waals surface area (Å²) >= 11 is 0. The van der Waals surface area contributed by atoms with Crippen molar-refractivity contribution in [3.63, 3.8) is 0 Å². The lowest BCUT2D eigenvalue weighted by atomic mass is 9.70. The van der Waals surface area contributed by atoms with Crippen LogP contribution in [-0.2, 0) is 15.8 Å². The lowest BCUT2D eigenvalue weighted by molar-refractivity contribution is -0.138. The van der Waals surface area contributed by atoms with Crippen molar-refractivity contribution in [3.05, 3.63) is 29.3 Å². The minimum Gasteiger partial charge on any atom is -0.371 e. The van der Waals surface area contributed by atoms with Crippen molar-refractivity contribution in [1.29, 1.82) is 5.26 Å². The van der Waals surface area contributed by atoms with Gasteiger partial charge in [0, 0.05) is 57.3 Å². The van der Waals surface area contributed by atoms with E-state index in [-0.39, 0.29) is 29.1 Å². The maximum absolute atomic E-state index is 13.4. The van der Waals surface area contributed by atoms with Crippen LogP contribution in [-0.4, -0.2) is 61.9 Å². The van der Waals surface area contributed by atoms with E-state index in [0.29, 0.717) is 44.7 Å². The lowest BCUT2D eigenvalue weighted by Crippen LogP contribution is -2.48. The van der Waals surface area contributed by atoms with Gasteiger partial charge in [-0.2, -0.15) is 18.4 Å². The summed E-state index contributed by atoms with van der Waals surface area (Å²) in [5.74, 6) is -0.494. The molecule has 0 aromatic heterocycles. The fourth-order valence-corrected chi connectivity index (χ4v) is 4.93. The molecular formula is C23H29F3N4O2. The number of rotatable bonds is 3. The molecule has 1 unspecified atom stereocenters. The average Bonchev–Trinajstić information content (AvgIpc) is 3.10. The predicted octanol–water partition coefficient (Wildman–Crippen LogP) is 3.37. The highest BCUT2D eigenvalue weighted by atomic mass is 19.4. The van der Waals surface area contributed by atoms with Crippen LogP contribution in [0.5, 0.6) is 0 Å². The standard InChI is InChI=1S/C23H29F3N4O2/c1-15(2)20(31)30-13-19(21(32)28(3)4)22(14-30)7-9-29(10-8-22)17-6-5-16(12-27)18(11-17)23(24,25)26/h5-6,11,15,19H,7-10,13-14H2,1-4H3. The van der Waals surface area contributed by atoms with Gasteiger partial charge in [0.05, 0.1) is 23.1 Å². The molecule has 2 amide bonds. The van der Waals surface area contributed by atoms with E-state index in [1.54, 1.807) is 30.0 Å². The highest BCUT2D eigenvalue weighted by Gasteiger charge is 2.52. The number of anilines is 1. The molecule has 0 aliphatic carbocycles. The van der Waals surface area contributed by atoms with Gasteiger partial charge in [-0.3, -0.25) is 9.59 Å². The normalized spacial score (nSPS) is 20.5. The first-order valence-electron chi connectivity index (χ1n) is 10.8. The van der Waals surface area contributed by atoms with E-state index < -0.39 is 17.3 Å². The number of hydrogen-bond acceptors (Lipinski definition) is 4. The number of alkyl halides is 3. The minimum absolute atomic E-state index is 0.0165. The van der Waals surface area contributed by atoms with Crippen molar-refractivity contribution in [2.24, 2.45) is 17.3 Å². The summed E-state index contributed by atoms with van der Waals surface area (Å²) < 4.78 is 40.1. The summed E-state index contributed by atoms with van der Waals surface area (Å²) in [6.45, 7) is 5.49. The smallest absolute Gasteiger partial charge is 0.371 e. The Hall–Kier alpha value is -2.76. The SMILES string of the molecule is CC(C)C(=O)N1CC(C(=O)N(C)C)C2(CCN(c3ccc(C#N)c(C(F)(F)F)c3)CC2)C1. The average molecular weight is 451 g/mol. The van der Waals surface area contributed by atoms with Gasteiger partial charge in [0.15, 0.2) is 0 Å². The summed E-state index contributed by atoms with van der Waals surface area (Å²) in [5.41, 5.74) is -1.31. The van der Waals surface area contributed by atoms with E-state index in [1.807, 2.05) is 18.7 Å². The summed E-state index contributed by atoms with van der Waals surface area (Å²) in [6.07, 6.45) is -3.41. The Bertz CT molecular complexity index is 928. The van der Waals surface area contributed by atoms with Crippen LogP contribution in [0.15, 0.2) is 18.2 Å². The van der Waals surface area contributed by atoms with Gasteiger partial charge in [-0.05, 0) is 31.0 Å². The van der Waals surface area contributed by atoms with Crippen LogP contribution in [0.1, 0.15) is 37.8 Å². The van der Waals surface area contributed by atoms with Gasteiger partial charge in [0.1, 0.15) is 0 Å². The first kappa shape index (κ1) is 23.9. The van der Waals surface area contributed by atoms with Crippen molar-refractivity contribution in [2.75, 3.05) is 45.2 Å². The molecule has 1 atom stereocenters. The zero-order chi connectivity index (χ0) is 23.8. The molecule has 1 aromatic rings. The first-order chi connectivity index (χ1) is 14.9. The Kier molecular flexibility index (Phi) is 6.45. The number of nitriles is 1. The molecule has 32 heavy (non-hydrogen) atoms. The van der Waals surface area contributed by atoms with Crippen LogP contribution in [0.25, 0.3) is 0 Å². The largest absolute Gasteiger partial charge is 0.417 e. The number of likely N-dealkylation sites (tertiary alicyclic amines) is 1. The zero-order valence-electron chi connectivity index (χ0n) is 18.9. The Morgan fingerprint density at radius 1 is 1.22 bits per heavy atom. The lowest BCUT2D eigenvalue weighted by Gasteiger charge is -2.43. The van der Waals surface area contributed by atoms with Crippen LogP contribution < -0.4 is 4.90 Å². The van der Waals surface area contributed by atoms with E-state index in [0.717, 1.165) is 6.07 Å². The second-order valence-corrected chi connectivity index (χ2v) is 9.35. The van der Waals surface area contributed by atoms with Gasteiger partial charge in [0.2, 0.25) is 11.8 Å². The number of piperidine rings is 1. The van der Waals surface area contributed by atoms with Crippen LogP contribution in [0, 0.1) is 28.6 Å². The molecule has 174 valence electrons. The molecule has 2 aliphatic heterocycles. The quantitative estimate of drug-likeness (QED) is 0.708. The number of carbonyl (C=O) groups is 2. The van der Waals surface area contributed by atoms with Crippen LogP contribution in [0.4, 0.5) is 18.9 Å². The van der Waals surface area contributed by atoms with E-state index in [9.17, 15) is 22.8 Å². The molecule has 2 aliphatic rings. The van der Waals surface area contributed by atoms with Gasteiger partial charge in [-0.1, -0.05) is 13.8 Å². The molecule has 1 aromatic carbocycles. The molecule has 0 N–H and O–H groups in total. The number of benzene rings is 1. The van der Waals surface area contributed by atoms with Gasteiger partial charge >= 0.3 is 6.18 Å². The van der Waals surface area contributed by atoms with Gasteiger partial charge in [-0.25, -0.2) is 0 Å². The monoisotopic (exact) mass is 450 g/mol. The number of nitrogens with zero attached hydrogens (tertiary/aromatic N) is 4. The molecule has 3 rings (SSSR count). The number of hydrogen-bond donors (Lipinski definition) is 0. The van der Waals surface area contributed by atoms with Crippen molar-refractivity contribution in [3.8, 4) is 6.07 Å². The third-order valence-electron chi connectivity index (χ3n) is 6.75. The maximum Gasteiger partial charge on any atom is 0.417 e. The summed E-state index contributed by atoms with van der Waals surface area (Å²) in [4.78, 5) is 30.8.